The molecule has 0 spiro atoms. The second-order valence-electron chi connectivity index (χ2n) is 33.2. The first-order valence-corrected chi connectivity index (χ1v) is 39.8. The maximum absolute atomic E-state index is 13.2. The van der Waals surface area contributed by atoms with Crippen molar-refractivity contribution in [1.82, 2.24) is 0 Å². The third-order valence-corrected chi connectivity index (χ3v) is 25.7. The summed E-state index contributed by atoms with van der Waals surface area (Å²) in [5.74, 6) is -20.4. The molecule has 41 nitrogen and oxygen atoms in total. The van der Waals surface area contributed by atoms with E-state index < -0.39 is 285 Å². The summed E-state index contributed by atoms with van der Waals surface area (Å²) in [6, 6.07) is 0. The largest absolute Gasteiger partial charge is 0.508 e. The maximum atomic E-state index is 13.2. The quantitative estimate of drug-likeness (QED) is 0.0603. The maximum Gasteiger partial charge on any atom is 0.508 e. The predicted octanol–water partition coefficient (Wildman–Crippen LogP) is -0.416. The molecule has 10 aliphatic heterocycles. The molecule has 0 radical (unpaired) electrons. The highest BCUT2D eigenvalue weighted by Gasteiger charge is 2.75. The average molecular weight is 1700 g/mol. The molecule has 0 aromatic carbocycles. The first kappa shape index (κ1) is 84.6. The molecule has 32 atom stereocenters. The van der Waals surface area contributed by atoms with E-state index in [0.717, 1.165) is 12.8 Å². The van der Waals surface area contributed by atoms with E-state index in [4.69, 9.17) is 99.5 Å². The molecule has 10 saturated heterocycles. The van der Waals surface area contributed by atoms with Crippen LogP contribution in [0.5, 0.6) is 0 Å². The van der Waals surface area contributed by atoms with Crippen molar-refractivity contribution in [3.05, 3.63) is 48.6 Å². The predicted molar refractivity (Wildman–Crippen MR) is 376 cm³/mol. The van der Waals surface area contributed by atoms with Crippen molar-refractivity contribution < 1.29 is 195 Å². The highest BCUT2D eigenvalue weighted by atomic mass is 16.8. The van der Waals surface area contributed by atoms with Crippen molar-refractivity contribution in [1.29, 1.82) is 0 Å². The fourth-order valence-corrected chi connectivity index (χ4v) is 20.8. The molecule has 8 saturated carbocycles. The number of esters is 18. The summed E-state index contributed by atoms with van der Waals surface area (Å²) in [7, 11) is 0. The van der Waals surface area contributed by atoms with Crippen LogP contribution in [0.15, 0.2) is 48.6 Å². The van der Waals surface area contributed by atoms with Gasteiger partial charge < -0.3 is 104 Å². The Kier molecular flexibility index (Phi) is 23.7. The Balaban J connectivity index is 0.000000126. The van der Waals surface area contributed by atoms with Gasteiger partial charge in [-0.15, -0.1) is 0 Å². The molecule has 8 aliphatic carbocycles. The molecule has 121 heavy (non-hydrogen) atoms. The molecular formula is C80H86O41. The summed E-state index contributed by atoms with van der Waals surface area (Å²) < 4.78 is 115. The van der Waals surface area contributed by atoms with E-state index >= 15 is 0 Å². The summed E-state index contributed by atoms with van der Waals surface area (Å²) in [5, 5.41) is 0. The lowest BCUT2D eigenvalue weighted by molar-refractivity contribution is -0.175. The lowest BCUT2D eigenvalue weighted by Gasteiger charge is -2.31. The number of hydrogen-bond donors (Lipinski definition) is 0. The van der Waals surface area contributed by atoms with Crippen LogP contribution in [-0.2, 0) is 191 Å². The molecule has 0 aromatic rings. The van der Waals surface area contributed by atoms with Gasteiger partial charge in [-0.05, 0) is 72.6 Å². The molecule has 18 aliphatic rings. The number of rotatable bonds is 26. The van der Waals surface area contributed by atoms with E-state index in [1.165, 1.54) is 27.7 Å². The van der Waals surface area contributed by atoms with Gasteiger partial charge in [-0.2, -0.15) is 0 Å². The fourth-order valence-electron chi connectivity index (χ4n) is 20.8. The van der Waals surface area contributed by atoms with Crippen LogP contribution in [-0.4, -0.2) is 265 Å². The van der Waals surface area contributed by atoms with Crippen molar-refractivity contribution in [2.75, 3.05) is 59.5 Å². The van der Waals surface area contributed by atoms with E-state index in [9.17, 15) is 91.1 Å². The number of fused-ring (bicyclic) bond motifs is 5. The Labute approximate surface area is 685 Å². The molecule has 10 bridgehead atoms. The lowest BCUT2D eigenvalue weighted by atomic mass is 9.78. The Morgan fingerprint density at radius 1 is 0.347 bits per heavy atom. The Morgan fingerprint density at radius 3 is 1.05 bits per heavy atom. The Bertz CT molecular complexity index is 4430. The molecule has 0 N–H and O–H groups in total. The molecule has 10 heterocycles. The zero-order chi connectivity index (χ0) is 86.3. The lowest BCUT2D eigenvalue weighted by Crippen LogP contribution is -2.47. The van der Waals surface area contributed by atoms with Crippen molar-refractivity contribution >= 4 is 114 Å². The fraction of sp³-hybridized carbons (Fsp3) is 0.662. The number of carbonyl (C=O) groups excluding carboxylic acids is 19. The van der Waals surface area contributed by atoms with Crippen molar-refractivity contribution in [3.63, 3.8) is 0 Å². The molecule has 0 amide bonds. The number of hydrogen-bond acceptors (Lipinski definition) is 41. The molecule has 32 unspecified atom stereocenters. The smallest absolute Gasteiger partial charge is 0.463 e. The van der Waals surface area contributed by atoms with Gasteiger partial charge in [-0.3, -0.25) is 43.2 Å². The van der Waals surface area contributed by atoms with Gasteiger partial charge in [0.25, 0.3) is 0 Å². The molecule has 18 fully saturated rings. The zero-order valence-corrected chi connectivity index (χ0v) is 65.6. The van der Waals surface area contributed by atoms with Gasteiger partial charge in [0, 0.05) is 82.7 Å². The number of ether oxygens (including phenoxy) is 22. The summed E-state index contributed by atoms with van der Waals surface area (Å²) in [6.07, 6.45) is -6.18. The van der Waals surface area contributed by atoms with Crippen molar-refractivity contribution in [3.8, 4) is 0 Å². The molecule has 18 rings (SSSR count). The minimum Gasteiger partial charge on any atom is -0.463 e. The van der Waals surface area contributed by atoms with Gasteiger partial charge in [0.2, 0.25) is 6.10 Å². The summed E-state index contributed by atoms with van der Waals surface area (Å²) in [5.41, 5.74) is 0.580. The van der Waals surface area contributed by atoms with Crippen LogP contribution in [0.4, 0.5) is 4.79 Å². The van der Waals surface area contributed by atoms with Gasteiger partial charge in [0.05, 0.1) is 72.1 Å². The second-order valence-corrected chi connectivity index (χ2v) is 33.2. The minimum atomic E-state index is -0.989. The first-order valence-electron chi connectivity index (χ1n) is 39.8. The third-order valence-electron chi connectivity index (χ3n) is 25.7. The van der Waals surface area contributed by atoms with Crippen LogP contribution in [0.1, 0.15) is 79.1 Å². The molecule has 652 valence electrons. The van der Waals surface area contributed by atoms with E-state index in [0.29, 0.717) is 38.7 Å². The summed E-state index contributed by atoms with van der Waals surface area (Å²) in [6.45, 7) is 17.8. The van der Waals surface area contributed by atoms with Crippen molar-refractivity contribution in [2.45, 2.75) is 171 Å². The van der Waals surface area contributed by atoms with Gasteiger partial charge in [0.1, 0.15) is 74.8 Å². The van der Waals surface area contributed by atoms with Crippen LogP contribution in [0.25, 0.3) is 0 Å². The molecular weight excluding hydrogens is 1620 g/mol. The Morgan fingerprint density at radius 2 is 0.711 bits per heavy atom. The Hall–Kier alpha value is -11.4. The normalized spacial score (nSPS) is 38.5. The minimum absolute atomic E-state index is 0.0283. The van der Waals surface area contributed by atoms with Gasteiger partial charge in [-0.1, -0.05) is 26.3 Å². The second kappa shape index (κ2) is 33.9. The topological polar surface area (TPSA) is 527 Å². The zero-order valence-electron chi connectivity index (χ0n) is 65.6. The van der Waals surface area contributed by atoms with E-state index in [1.54, 1.807) is 0 Å². The highest BCUT2D eigenvalue weighted by molar-refractivity contribution is 5.93. The number of carbonyl (C=O) groups is 19. The van der Waals surface area contributed by atoms with Crippen LogP contribution in [0, 0.1) is 101 Å². The molecule has 0 aromatic heterocycles. The van der Waals surface area contributed by atoms with E-state index in [-0.39, 0.29) is 103 Å². The summed E-state index contributed by atoms with van der Waals surface area (Å²) in [4.78, 5) is 230. The monoisotopic (exact) mass is 1700 g/mol. The average Bonchev–Trinajstić information content (AvgIpc) is 1.56. The van der Waals surface area contributed by atoms with Gasteiger partial charge in [-0.25, -0.2) is 47.9 Å². The van der Waals surface area contributed by atoms with Gasteiger partial charge in [0.15, 0.2) is 44.7 Å². The summed E-state index contributed by atoms with van der Waals surface area (Å²) >= 11 is 0. The van der Waals surface area contributed by atoms with Crippen LogP contribution in [0.2, 0.25) is 0 Å². The standard InChI is InChI=1S/C22H22O11.C20H24O9.C19H20O11.C19H20O10/c1-6(2)19(24)28-5-11(23)30-14-7-3-8-13(21(26)31-15(8)14)12(7)22(27)32-17-10-4-9-16(29-10)18(17)33-20(9)25;1-9(2)18(22)27-8-13(21)28-16-11-6-12-15(20(24)29-17(12)16)14(11)19(23)26-7-10-4-3-5-25-10;1-7(2)16(21)26-6-11(20)29-14-9-3-10-13(18(23)30-15(10)14)12(9)17(22)25-4-8-5-27-19(24)28-8;1-7(2)16(21)26-6-11(20)28-14-8-5-9-13(19(24)29-15(9)14)12(8)18(23)27-10-3-4-25-17(10)22/h7-10,12-18H,1,3-5H2,2H3;10-12,14-17H,1,3-8H2,2H3;8-10,12-15H,1,3-6H2,2H3;8-10,12-15H,1,3-6H2,2H3. The van der Waals surface area contributed by atoms with E-state index in [2.05, 4.69) is 31.1 Å². The van der Waals surface area contributed by atoms with Crippen molar-refractivity contribution in [2.24, 2.45) is 101 Å². The van der Waals surface area contributed by atoms with Crippen LogP contribution >= 0.6 is 0 Å². The van der Waals surface area contributed by atoms with E-state index in [1.807, 2.05) is 0 Å². The SMILES string of the molecule is C=C(C)C(=O)OCC(=O)OC1C2CC3C1OC(=O)C3C2C(=O)OC1C2CC3C(=O)OC1C3O2.C=C(C)C(=O)OCC(=O)OC1C2CC3C1OC(=O)C3C2C(=O)OC1CCOC1=O.C=C(C)C(=O)OCC(=O)OC1C2CC3C1OC(=O)C3C2C(=O)OCC1CCCO1.C=C(C)C(=O)OCC(=O)OC1C2CC3C1OC(=O)C3C2C(=O)OCC1COC(=O)O1. The van der Waals surface area contributed by atoms with Crippen LogP contribution < -0.4 is 0 Å². The first-order chi connectivity index (χ1) is 57.6. The third kappa shape index (κ3) is 16.1. The highest BCUT2D eigenvalue weighted by Crippen LogP contribution is 2.63. The number of cyclic esters (lactones) is 3. The molecule has 41 heteroatoms. The van der Waals surface area contributed by atoms with Crippen LogP contribution in [0.3, 0.4) is 0 Å². The van der Waals surface area contributed by atoms with Gasteiger partial charge >= 0.3 is 114 Å².